The van der Waals surface area contributed by atoms with Crippen LogP contribution in [0.1, 0.15) is 44.0 Å². The molecular weight excluding hydrogens is 284 g/mol. The average molecular weight is 310 g/mol. The zero-order valence-corrected chi connectivity index (χ0v) is 14.4. The summed E-state index contributed by atoms with van der Waals surface area (Å²) >= 11 is 0. The van der Waals surface area contributed by atoms with Gasteiger partial charge in [-0.25, -0.2) is 0 Å². The Balaban J connectivity index is 1.55. The summed E-state index contributed by atoms with van der Waals surface area (Å²) in [7, 11) is 0. The van der Waals surface area contributed by atoms with Crippen LogP contribution >= 0.6 is 0 Å². The molecular formula is C20H26N2O. The molecule has 0 fully saturated rings. The van der Waals surface area contributed by atoms with Crippen LogP contribution in [0.15, 0.2) is 42.6 Å². The molecule has 1 aromatic carbocycles. The Morgan fingerprint density at radius 1 is 1.09 bits per heavy atom. The molecule has 23 heavy (non-hydrogen) atoms. The van der Waals surface area contributed by atoms with Crippen molar-refractivity contribution in [2.75, 3.05) is 6.54 Å². The fourth-order valence-corrected chi connectivity index (χ4v) is 3.11. The molecule has 0 N–H and O–H groups in total. The molecule has 1 aliphatic rings. The van der Waals surface area contributed by atoms with Gasteiger partial charge in [0.1, 0.15) is 0 Å². The molecule has 3 heteroatoms. The summed E-state index contributed by atoms with van der Waals surface area (Å²) in [6, 6.07) is 12.9. The lowest BCUT2D eigenvalue weighted by molar-refractivity contribution is -0.132. The van der Waals surface area contributed by atoms with Crippen molar-refractivity contribution in [2.45, 2.75) is 52.1 Å². The highest BCUT2D eigenvalue weighted by molar-refractivity contribution is 5.76. The molecule has 2 aromatic rings. The van der Waals surface area contributed by atoms with Gasteiger partial charge in [0, 0.05) is 31.4 Å². The minimum Gasteiger partial charge on any atom is -0.348 e. The first-order valence-corrected chi connectivity index (χ1v) is 8.45. The molecule has 0 bridgehead atoms. The van der Waals surface area contributed by atoms with Crippen molar-refractivity contribution in [2.24, 2.45) is 0 Å². The lowest BCUT2D eigenvalue weighted by Gasteiger charge is -2.28. The first-order valence-electron chi connectivity index (χ1n) is 8.45. The highest BCUT2D eigenvalue weighted by Gasteiger charge is 2.20. The molecule has 0 aliphatic carbocycles. The van der Waals surface area contributed by atoms with Gasteiger partial charge in [0.2, 0.25) is 5.91 Å². The molecule has 0 saturated carbocycles. The topological polar surface area (TPSA) is 25.2 Å². The summed E-state index contributed by atoms with van der Waals surface area (Å²) in [5.41, 5.74) is 3.99. The van der Waals surface area contributed by atoms with Gasteiger partial charge < -0.3 is 9.47 Å². The summed E-state index contributed by atoms with van der Waals surface area (Å²) in [6.45, 7) is 9.14. The van der Waals surface area contributed by atoms with Crippen molar-refractivity contribution in [3.8, 4) is 0 Å². The first-order chi connectivity index (χ1) is 10.9. The second-order valence-corrected chi connectivity index (χ2v) is 7.46. The predicted molar refractivity (Wildman–Crippen MR) is 93.3 cm³/mol. The van der Waals surface area contributed by atoms with Crippen LogP contribution in [0, 0.1) is 0 Å². The van der Waals surface area contributed by atoms with Gasteiger partial charge in [0.15, 0.2) is 0 Å². The van der Waals surface area contributed by atoms with Gasteiger partial charge in [-0.05, 0) is 35.1 Å². The van der Waals surface area contributed by atoms with Crippen molar-refractivity contribution in [1.29, 1.82) is 0 Å². The average Bonchev–Trinajstić information content (AvgIpc) is 2.99. The van der Waals surface area contributed by atoms with Gasteiger partial charge in [-0.3, -0.25) is 4.79 Å². The minimum atomic E-state index is 0.178. The van der Waals surface area contributed by atoms with E-state index in [1.807, 2.05) is 4.90 Å². The Morgan fingerprint density at radius 3 is 2.52 bits per heavy atom. The number of fused-ring (bicyclic) bond motifs is 1. The molecule has 2 heterocycles. The fourth-order valence-electron chi connectivity index (χ4n) is 3.11. The first kappa shape index (κ1) is 15.9. The van der Waals surface area contributed by atoms with Crippen molar-refractivity contribution >= 4 is 5.91 Å². The Bertz CT molecular complexity index is 676. The summed E-state index contributed by atoms with van der Waals surface area (Å²) in [6.07, 6.45) is 3.50. The van der Waals surface area contributed by atoms with Gasteiger partial charge in [0.25, 0.3) is 0 Å². The molecule has 0 atom stereocenters. The molecule has 0 saturated heterocycles. The van der Waals surface area contributed by atoms with Gasteiger partial charge in [-0.1, -0.05) is 45.0 Å². The van der Waals surface area contributed by atoms with E-state index in [1.54, 1.807) is 0 Å². The molecule has 0 unspecified atom stereocenters. The third-order valence-corrected chi connectivity index (χ3v) is 4.69. The number of benzene rings is 1. The molecule has 1 aliphatic heterocycles. The molecule has 1 amide bonds. The van der Waals surface area contributed by atoms with Gasteiger partial charge in [-0.2, -0.15) is 0 Å². The van der Waals surface area contributed by atoms with E-state index < -0.39 is 0 Å². The van der Waals surface area contributed by atoms with E-state index >= 15 is 0 Å². The van der Waals surface area contributed by atoms with Crippen LogP contribution in [0.5, 0.6) is 0 Å². The van der Waals surface area contributed by atoms with Crippen molar-refractivity contribution in [3.63, 3.8) is 0 Å². The summed E-state index contributed by atoms with van der Waals surface area (Å²) in [5.74, 6) is 0.261. The van der Waals surface area contributed by atoms with E-state index in [4.69, 9.17) is 0 Å². The Kier molecular flexibility index (Phi) is 4.29. The number of aromatic nitrogens is 1. The Morgan fingerprint density at radius 2 is 1.83 bits per heavy atom. The summed E-state index contributed by atoms with van der Waals surface area (Å²) in [4.78, 5) is 14.4. The van der Waals surface area contributed by atoms with Crippen molar-refractivity contribution < 1.29 is 4.79 Å². The standard InChI is InChI=1S/C20H26N2O/c1-20(2,3)17-9-6-16(7-10-17)8-11-19(23)22-14-13-21-12-4-5-18(21)15-22/h4-7,9-10,12H,8,11,13-15H2,1-3H3. The van der Waals surface area contributed by atoms with Gasteiger partial charge >= 0.3 is 0 Å². The van der Waals surface area contributed by atoms with Crippen molar-refractivity contribution in [1.82, 2.24) is 9.47 Å². The third kappa shape index (κ3) is 3.66. The summed E-state index contributed by atoms with van der Waals surface area (Å²) in [5, 5.41) is 0. The van der Waals surface area contributed by atoms with E-state index in [0.29, 0.717) is 6.42 Å². The van der Waals surface area contributed by atoms with E-state index in [-0.39, 0.29) is 11.3 Å². The van der Waals surface area contributed by atoms with Crippen LogP contribution in [0.4, 0.5) is 0 Å². The van der Waals surface area contributed by atoms with Crippen LogP contribution in [0.2, 0.25) is 0 Å². The lowest BCUT2D eigenvalue weighted by Crippen LogP contribution is -2.37. The monoisotopic (exact) mass is 310 g/mol. The largest absolute Gasteiger partial charge is 0.348 e. The fraction of sp³-hybridized carbons (Fsp3) is 0.450. The number of aryl methyl sites for hydroxylation is 1. The number of rotatable bonds is 3. The van der Waals surface area contributed by atoms with Crippen LogP contribution in [0.3, 0.4) is 0 Å². The number of nitrogens with zero attached hydrogens (tertiary/aromatic N) is 2. The van der Waals surface area contributed by atoms with Crippen LogP contribution in [-0.2, 0) is 29.7 Å². The smallest absolute Gasteiger partial charge is 0.223 e. The maximum atomic E-state index is 12.4. The number of carbonyl (C=O) groups is 1. The Hall–Kier alpha value is -2.03. The van der Waals surface area contributed by atoms with E-state index in [1.165, 1.54) is 16.8 Å². The minimum absolute atomic E-state index is 0.178. The highest BCUT2D eigenvalue weighted by Crippen LogP contribution is 2.22. The van der Waals surface area contributed by atoms with E-state index in [9.17, 15) is 4.79 Å². The number of carbonyl (C=O) groups excluding carboxylic acids is 1. The van der Waals surface area contributed by atoms with E-state index in [0.717, 1.165) is 26.1 Å². The van der Waals surface area contributed by atoms with Gasteiger partial charge in [-0.15, -0.1) is 0 Å². The lowest BCUT2D eigenvalue weighted by atomic mass is 9.86. The summed E-state index contributed by atoms with van der Waals surface area (Å²) < 4.78 is 2.23. The number of amides is 1. The molecule has 3 rings (SSSR count). The molecule has 1 aromatic heterocycles. The third-order valence-electron chi connectivity index (χ3n) is 4.69. The van der Waals surface area contributed by atoms with Crippen molar-refractivity contribution in [3.05, 3.63) is 59.4 Å². The van der Waals surface area contributed by atoms with Gasteiger partial charge in [0.05, 0.1) is 6.54 Å². The van der Waals surface area contributed by atoms with Crippen LogP contribution < -0.4 is 0 Å². The normalized spacial score (nSPS) is 14.7. The van der Waals surface area contributed by atoms with Crippen LogP contribution in [-0.4, -0.2) is 21.9 Å². The van der Waals surface area contributed by atoms with Crippen LogP contribution in [0.25, 0.3) is 0 Å². The molecule has 122 valence electrons. The molecule has 0 radical (unpaired) electrons. The predicted octanol–water partition coefficient (Wildman–Crippen LogP) is 3.76. The second kappa shape index (κ2) is 6.23. The zero-order valence-electron chi connectivity index (χ0n) is 14.4. The number of hydrogen-bond donors (Lipinski definition) is 0. The molecule has 0 spiro atoms. The second-order valence-electron chi connectivity index (χ2n) is 7.46. The maximum Gasteiger partial charge on any atom is 0.223 e. The molecule has 3 nitrogen and oxygen atoms in total. The highest BCUT2D eigenvalue weighted by atomic mass is 16.2. The zero-order chi connectivity index (χ0) is 16.4. The number of hydrogen-bond acceptors (Lipinski definition) is 1. The Labute approximate surface area is 138 Å². The SMILES string of the molecule is CC(C)(C)c1ccc(CCC(=O)N2CCn3cccc3C2)cc1. The quantitative estimate of drug-likeness (QED) is 0.847. The maximum absolute atomic E-state index is 12.4. The van der Waals surface area contributed by atoms with E-state index in [2.05, 4.69) is 67.9 Å².